The maximum absolute atomic E-state index is 12.9. The molecule has 130 valence electrons. The summed E-state index contributed by atoms with van der Waals surface area (Å²) in [4.78, 5) is 25.1. The van der Waals surface area contributed by atoms with Crippen molar-refractivity contribution in [3.8, 4) is 0 Å². The Morgan fingerprint density at radius 2 is 1.74 bits per heavy atom. The van der Waals surface area contributed by atoms with E-state index >= 15 is 0 Å². The van der Waals surface area contributed by atoms with Gasteiger partial charge in [0.2, 0.25) is 0 Å². The SMILES string of the molecule is CC(OC(=O)C12CC3CC(CC(Br)(C3)C1)C2)C(=O)NC(C)(C)C. The predicted octanol–water partition coefficient (Wildman–Crippen LogP) is 3.57. The highest BCUT2D eigenvalue weighted by Crippen LogP contribution is 2.64. The zero-order chi connectivity index (χ0) is 17.0. The molecule has 0 aromatic rings. The van der Waals surface area contributed by atoms with Crippen LogP contribution in [0, 0.1) is 17.3 Å². The van der Waals surface area contributed by atoms with Crippen LogP contribution in [0.25, 0.3) is 0 Å². The van der Waals surface area contributed by atoms with Gasteiger partial charge < -0.3 is 10.1 Å². The number of amides is 1. The summed E-state index contributed by atoms with van der Waals surface area (Å²) in [5.41, 5.74) is -0.692. The van der Waals surface area contributed by atoms with Gasteiger partial charge in [0, 0.05) is 9.86 Å². The fourth-order valence-corrected chi connectivity index (χ4v) is 6.65. The minimum atomic E-state index is -0.735. The van der Waals surface area contributed by atoms with E-state index in [1.165, 1.54) is 19.3 Å². The minimum Gasteiger partial charge on any atom is -0.452 e. The van der Waals surface area contributed by atoms with Crippen molar-refractivity contribution in [3.05, 3.63) is 0 Å². The van der Waals surface area contributed by atoms with E-state index in [9.17, 15) is 9.59 Å². The number of carbonyl (C=O) groups excluding carboxylic acids is 2. The van der Waals surface area contributed by atoms with E-state index in [-0.39, 0.29) is 27.2 Å². The number of nitrogens with one attached hydrogen (secondary N) is 1. The van der Waals surface area contributed by atoms with Crippen molar-refractivity contribution in [2.75, 3.05) is 0 Å². The smallest absolute Gasteiger partial charge is 0.312 e. The van der Waals surface area contributed by atoms with Gasteiger partial charge in [0.15, 0.2) is 6.10 Å². The van der Waals surface area contributed by atoms with E-state index in [1.54, 1.807) is 6.92 Å². The van der Waals surface area contributed by atoms with Crippen LogP contribution in [0.2, 0.25) is 0 Å². The first kappa shape index (κ1) is 17.2. The van der Waals surface area contributed by atoms with Crippen LogP contribution in [0.1, 0.15) is 66.2 Å². The molecule has 0 aromatic carbocycles. The lowest BCUT2D eigenvalue weighted by Gasteiger charge is -2.58. The third-order valence-corrected chi connectivity index (χ3v) is 6.50. The first-order valence-corrected chi connectivity index (χ1v) is 9.52. The molecule has 0 radical (unpaired) electrons. The molecule has 0 heterocycles. The number of alkyl halides is 1. The van der Waals surface area contributed by atoms with Crippen molar-refractivity contribution < 1.29 is 14.3 Å². The molecule has 4 nitrogen and oxygen atoms in total. The van der Waals surface area contributed by atoms with E-state index in [2.05, 4.69) is 21.2 Å². The van der Waals surface area contributed by atoms with Crippen molar-refractivity contribution in [1.82, 2.24) is 5.32 Å². The highest BCUT2D eigenvalue weighted by Gasteiger charge is 2.60. The molecule has 0 aliphatic heterocycles. The lowest BCUT2D eigenvalue weighted by atomic mass is 9.49. The molecule has 4 rings (SSSR count). The Kier molecular flexibility index (Phi) is 4.10. The van der Waals surface area contributed by atoms with Crippen LogP contribution >= 0.6 is 15.9 Å². The van der Waals surface area contributed by atoms with E-state index in [0.717, 1.165) is 19.3 Å². The van der Waals surface area contributed by atoms with Crippen LogP contribution in [0.5, 0.6) is 0 Å². The summed E-state index contributed by atoms with van der Waals surface area (Å²) >= 11 is 3.91. The molecule has 3 atom stereocenters. The van der Waals surface area contributed by atoms with Gasteiger partial charge in [0.05, 0.1) is 5.41 Å². The first-order valence-electron chi connectivity index (χ1n) is 8.72. The summed E-state index contributed by atoms with van der Waals surface area (Å²) in [6.45, 7) is 7.44. The molecule has 4 fully saturated rings. The molecule has 0 saturated heterocycles. The molecule has 1 amide bonds. The second kappa shape index (κ2) is 5.47. The molecule has 4 bridgehead atoms. The summed E-state index contributed by atoms with van der Waals surface area (Å²) in [5.74, 6) is 0.875. The summed E-state index contributed by atoms with van der Waals surface area (Å²) in [6, 6.07) is 0. The zero-order valence-electron chi connectivity index (χ0n) is 14.6. The van der Waals surface area contributed by atoms with Gasteiger partial charge in [-0.3, -0.25) is 9.59 Å². The summed E-state index contributed by atoms with van der Waals surface area (Å²) in [7, 11) is 0. The standard InChI is InChI=1S/C18H28BrNO3/c1-11(14(21)20-16(2,3)4)23-15(22)17-6-12-5-13(7-17)9-18(19,8-12)10-17/h11-13H,5-10H2,1-4H3,(H,20,21). The van der Waals surface area contributed by atoms with Crippen molar-refractivity contribution in [1.29, 1.82) is 0 Å². The Morgan fingerprint density at radius 1 is 1.17 bits per heavy atom. The molecule has 5 heteroatoms. The maximum atomic E-state index is 12.9. The fraction of sp³-hybridized carbons (Fsp3) is 0.889. The number of hydrogen-bond acceptors (Lipinski definition) is 3. The monoisotopic (exact) mass is 385 g/mol. The van der Waals surface area contributed by atoms with E-state index in [1.807, 2.05) is 20.8 Å². The Bertz CT molecular complexity index is 511. The van der Waals surface area contributed by atoms with E-state index in [0.29, 0.717) is 11.8 Å². The number of ether oxygens (including phenoxy) is 1. The van der Waals surface area contributed by atoms with Crippen LogP contribution in [0.4, 0.5) is 0 Å². The molecule has 23 heavy (non-hydrogen) atoms. The number of halogens is 1. The highest BCUT2D eigenvalue weighted by atomic mass is 79.9. The average molecular weight is 386 g/mol. The lowest BCUT2D eigenvalue weighted by Crippen LogP contribution is -2.57. The van der Waals surface area contributed by atoms with Gasteiger partial charge in [-0.05, 0) is 78.1 Å². The van der Waals surface area contributed by atoms with E-state index < -0.39 is 6.10 Å². The molecule has 4 aliphatic rings. The molecule has 1 N–H and O–H groups in total. The van der Waals surface area contributed by atoms with Gasteiger partial charge >= 0.3 is 5.97 Å². The number of hydrogen-bond donors (Lipinski definition) is 1. The average Bonchev–Trinajstić information content (AvgIpc) is 2.33. The van der Waals surface area contributed by atoms with Crippen LogP contribution in [-0.4, -0.2) is 27.8 Å². The largest absolute Gasteiger partial charge is 0.452 e. The van der Waals surface area contributed by atoms with Crippen LogP contribution in [0.15, 0.2) is 0 Å². The Labute approximate surface area is 147 Å². The van der Waals surface area contributed by atoms with Crippen molar-refractivity contribution in [3.63, 3.8) is 0 Å². The zero-order valence-corrected chi connectivity index (χ0v) is 16.2. The van der Waals surface area contributed by atoms with Crippen LogP contribution in [0.3, 0.4) is 0 Å². The molecular weight excluding hydrogens is 358 g/mol. The Hall–Kier alpha value is -0.580. The summed E-state index contributed by atoms with van der Waals surface area (Å²) in [6.07, 6.45) is 5.60. The Morgan fingerprint density at radius 3 is 2.22 bits per heavy atom. The van der Waals surface area contributed by atoms with Gasteiger partial charge in [0.25, 0.3) is 5.91 Å². The molecule has 3 unspecified atom stereocenters. The first-order chi connectivity index (χ1) is 10.5. The van der Waals surface area contributed by atoms with Crippen molar-refractivity contribution in [2.45, 2.75) is 82.2 Å². The lowest BCUT2D eigenvalue weighted by molar-refractivity contribution is -0.177. The van der Waals surface area contributed by atoms with Crippen LogP contribution < -0.4 is 5.32 Å². The third-order valence-electron chi connectivity index (χ3n) is 5.57. The topological polar surface area (TPSA) is 55.4 Å². The highest BCUT2D eigenvalue weighted by molar-refractivity contribution is 9.10. The quantitative estimate of drug-likeness (QED) is 0.596. The molecular formula is C18H28BrNO3. The van der Waals surface area contributed by atoms with Crippen molar-refractivity contribution in [2.24, 2.45) is 17.3 Å². The second-order valence-corrected chi connectivity index (χ2v) is 10.9. The normalized spacial score (nSPS) is 39.9. The van der Waals surface area contributed by atoms with Gasteiger partial charge in [-0.2, -0.15) is 0 Å². The summed E-state index contributed by atoms with van der Waals surface area (Å²) in [5, 5.41) is 2.88. The maximum Gasteiger partial charge on any atom is 0.312 e. The van der Waals surface area contributed by atoms with Gasteiger partial charge in [0.1, 0.15) is 0 Å². The fourth-order valence-electron chi connectivity index (χ4n) is 5.20. The molecule has 0 aromatic heterocycles. The number of carbonyl (C=O) groups is 2. The molecule has 4 saturated carbocycles. The van der Waals surface area contributed by atoms with Gasteiger partial charge in [-0.1, -0.05) is 15.9 Å². The number of rotatable bonds is 3. The van der Waals surface area contributed by atoms with Crippen LogP contribution in [-0.2, 0) is 14.3 Å². The Balaban J connectivity index is 1.68. The molecule has 0 spiro atoms. The van der Waals surface area contributed by atoms with Gasteiger partial charge in [-0.25, -0.2) is 0 Å². The minimum absolute atomic E-state index is 0.118. The number of esters is 1. The van der Waals surface area contributed by atoms with Crippen molar-refractivity contribution >= 4 is 27.8 Å². The third kappa shape index (κ3) is 3.45. The predicted molar refractivity (Wildman–Crippen MR) is 92.2 cm³/mol. The van der Waals surface area contributed by atoms with E-state index in [4.69, 9.17) is 4.74 Å². The summed E-state index contributed by atoms with van der Waals surface area (Å²) < 4.78 is 5.73. The molecule has 4 aliphatic carbocycles. The second-order valence-electron chi connectivity index (χ2n) is 9.18. The van der Waals surface area contributed by atoms with Gasteiger partial charge in [-0.15, -0.1) is 0 Å².